The van der Waals surface area contributed by atoms with E-state index in [1.54, 1.807) is 7.11 Å². The number of methoxy groups -OCH3 is 1. The molecule has 2 N–H and O–H groups in total. The molecular formula is C14H28N4O2. The minimum Gasteiger partial charge on any atom is -0.385 e. The molecule has 1 atom stereocenters. The molecule has 1 amide bonds. The number of nitrogens with zero attached hydrogens (tertiary/aromatic N) is 2. The van der Waals surface area contributed by atoms with E-state index in [4.69, 9.17) is 4.74 Å². The zero-order chi connectivity index (χ0) is 14.8. The normalized spacial score (nSPS) is 19.2. The molecule has 116 valence electrons. The average Bonchev–Trinajstić information content (AvgIpc) is 2.91. The van der Waals surface area contributed by atoms with Gasteiger partial charge in [0.25, 0.3) is 0 Å². The second-order valence-corrected chi connectivity index (χ2v) is 4.93. The highest BCUT2D eigenvalue weighted by atomic mass is 16.5. The van der Waals surface area contributed by atoms with Crippen LogP contribution in [0.3, 0.4) is 0 Å². The van der Waals surface area contributed by atoms with Gasteiger partial charge in [0.1, 0.15) is 0 Å². The van der Waals surface area contributed by atoms with Crippen molar-refractivity contribution >= 4 is 11.9 Å². The molecular weight excluding hydrogens is 256 g/mol. The Morgan fingerprint density at radius 3 is 2.90 bits per heavy atom. The number of rotatable bonds is 7. The monoisotopic (exact) mass is 284 g/mol. The van der Waals surface area contributed by atoms with Crippen LogP contribution in [-0.4, -0.2) is 62.7 Å². The molecule has 20 heavy (non-hydrogen) atoms. The third-order valence-electron chi connectivity index (χ3n) is 3.30. The van der Waals surface area contributed by atoms with Crippen LogP contribution in [0.2, 0.25) is 0 Å². The minimum atomic E-state index is 0.233. The summed E-state index contributed by atoms with van der Waals surface area (Å²) in [5, 5.41) is 6.65. The smallest absolute Gasteiger partial charge is 0.222 e. The van der Waals surface area contributed by atoms with Gasteiger partial charge in [-0.25, -0.2) is 0 Å². The summed E-state index contributed by atoms with van der Waals surface area (Å²) in [6.07, 6.45) is 2.48. The maximum Gasteiger partial charge on any atom is 0.222 e. The van der Waals surface area contributed by atoms with Crippen molar-refractivity contribution in [3.8, 4) is 0 Å². The predicted octanol–water partition coefficient (Wildman–Crippen LogP) is 0.589. The minimum absolute atomic E-state index is 0.233. The molecule has 1 saturated heterocycles. The SMILES string of the molecule is CCNC(=NCCCOC)NC1CCN(C(=O)CC)C1. The van der Waals surface area contributed by atoms with Crippen molar-refractivity contribution in [2.24, 2.45) is 4.99 Å². The Morgan fingerprint density at radius 2 is 2.25 bits per heavy atom. The first kappa shape index (κ1) is 16.8. The lowest BCUT2D eigenvalue weighted by Gasteiger charge is -2.18. The fraction of sp³-hybridized carbons (Fsp3) is 0.857. The molecule has 1 rings (SSSR count). The molecule has 0 aromatic rings. The first-order valence-electron chi connectivity index (χ1n) is 7.52. The van der Waals surface area contributed by atoms with Crippen molar-refractivity contribution in [3.05, 3.63) is 0 Å². The van der Waals surface area contributed by atoms with Gasteiger partial charge in [-0.2, -0.15) is 0 Å². The van der Waals surface area contributed by atoms with Gasteiger partial charge < -0.3 is 20.3 Å². The van der Waals surface area contributed by atoms with E-state index in [2.05, 4.69) is 15.6 Å². The molecule has 1 unspecified atom stereocenters. The third kappa shape index (κ3) is 5.77. The lowest BCUT2D eigenvalue weighted by atomic mass is 10.3. The van der Waals surface area contributed by atoms with E-state index in [1.807, 2.05) is 18.7 Å². The first-order valence-corrected chi connectivity index (χ1v) is 7.52. The molecule has 0 spiro atoms. The number of hydrogen-bond donors (Lipinski definition) is 2. The predicted molar refractivity (Wildman–Crippen MR) is 80.9 cm³/mol. The highest BCUT2D eigenvalue weighted by Gasteiger charge is 2.25. The molecule has 6 nitrogen and oxygen atoms in total. The number of carbonyl (C=O) groups excluding carboxylic acids is 1. The summed E-state index contributed by atoms with van der Waals surface area (Å²) < 4.78 is 5.02. The second-order valence-electron chi connectivity index (χ2n) is 4.93. The van der Waals surface area contributed by atoms with Gasteiger partial charge in [-0.15, -0.1) is 0 Å². The van der Waals surface area contributed by atoms with E-state index in [9.17, 15) is 4.79 Å². The first-order chi connectivity index (χ1) is 9.71. The lowest BCUT2D eigenvalue weighted by molar-refractivity contribution is -0.129. The van der Waals surface area contributed by atoms with Crippen LogP contribution < -0.4 is 10.6 Å². The zero-order valence-electron chi connectivity index (χ0n) is 12.9. The second kappa shape index (κ2) is 9.58. The van der Waals surface area contributed by atoms with Crippen LogP contribution in [0.15, 0.2) is 4.99 Å². The summed E-state index contributed by atoms with van der Waals surface area (Å²) in [6, 6.07) is 0.297. The van der Waals surface area contributed by atoms with Crippen molar-refractivity contribution in [2.45, 2.75) is 39.2 Å². The Labute approximate surface area is 122 Å². The Hall–Kier alpha value is -1.30. The summed E-state index contributed by atoms with van der Waals surface area (Å²) in [5.74, 6) is 1.07. The van der Waals surface area contributed by atoms with E-state index >= 15 is 0 Å². The Bertz CT molecular complexity index is 320. The van der Waals surface area contributed by atoms with Crippen LogP contribution in [0.1, 0.15) is 33.1 Å². The highest BCUT2D eigenvalue weighted by molar-refractivity contribution is 5.80. The number of carbonyl (C=O) groups is 1. The van der Waals surface area contributed by atoms with Gasteiger partial charge in [0, 0.05) is 52.4 Å². The van der Waals surface area contributed by atoms with Gasteiger partial charge in [-0.3, -0.25) is 9.79 Å². The van der Waals surface area contributed by atoms with E-state index in [0.717, 1.165) is 51.6 Å². The van der Waals surface area contributed by atoms with Crippen LogP contribution in [0, 0.1) is 0 Å². The fourth-order valence-corrected chi connectivity index (χ4v) is 2.24. The number of amides is 1. The number of hydrogen-bond acceptors (Lipinski definition) is 3. The largest absolute Gasteiger partial charge is 0.385 e. The van der Waals surface area contributed by atoms with E-state index in [-0.39, 0.29) is 5.91 Å². The van der Waals surface area contributed by atoms with Crippen LogP contribution in [0.5, 0.6) is 0 Å². The van der Waals surface area contributed by atoms with Crippen LogP contribution in [0.25, 0.3) is 0 Å². The molecule has 1 heterocycles. The maximum atomic E-state index is 11.7. The summed E-state index contributed by atoms with van der Waals surface area (Å²) in [4.78, 5) is 18.1. The molecule has 0 aromatic carbocycles. The molecule has 0 aliphatic carbocycles. The van der Waals surface area contributed by atoms with Gasteiger partial charge >= 0.3 is 0 Å². The molecule has 0 aromatic heterocycles. The van der Waals surface area contributed by atoms with Crippen molar-refractivity contribution in [2.75, 3.05) is 39.9 Å². The number of aliphatic imine (C=N–C) groups is 1. The fourth-order valence-electron chi connectivity index (χ4n) is 2.24. The zero-order valence-corrected chi connectivity index (χ0v) is 12.9. The number of nitrogens with one attached hydrogen (secondary N) is 2. The summed E-state index contributed by atoms with van der Waals surface area (Å²) in [5.41, 5.74) is 0. The van der Waals surface area contributed by atoms with E-state index in [0.29, 0.717) is 12.5 Å². The molecule has 1 aliphatic heterocycles. The summed E-state index contributed by atoms with van der Waals surface area (Å²) in [6.45, 7) is 7.87. The van der Waals surface area contributed by atoms with Crippen LogP contribution in [0.4, 0.5) is 0 Å². The summed E-state index contributed by atoms with van der Waals surface area (Å²) in [7, 11) is 1.70. The molecule has 0 bridgehead atoms. The molecule has 1 aliphatic rings. The standard InChI is InChI=1S/C14H28N4O2/c1-4-13(19)18-9-7-12(11-18)17-14(15-5-2)16-8-6-10-20-3/h12H,4-11H2,1-3H3,(H2,15,16,17). The Balaban J connectivity index is 2.40. The van der Waals surface area contributed by atoms with Gasteiger partial charge in [-0.1, -0.05) is 6.92 Å². The van der Waals surface area contributed by atoms with Gasteiger partial charge in [0.15, 0.2) is 5.96 Å². The van der Waals surface area contributed by atoms with Gasteiger partial charge in [-0.05, 0) is 19.8 Å². The molecule has 1 fully saturated rings. The summed E-state index contributed by atoms with van der Waals surface area (Å²) >= 11 is 0. The maximum absolute atomic E-state index is 11.7. The van der Waals surface area contributed by atoms with Crippen molar-refractivity contribution in [3.63, 3.8) is 0 Å². The average molecular weight is 284 g/mol. The third-order valence-corrected chi connectivity index (χ3v) is 3.30. The number of likely N-dealkylation sites (tertiary alicyclic amines) is 1. The lowest BCUT2D eigenvalue weighted by Crippen LogP contribution is -2.45. The molecule has 6 heteroatoms. The van der Waals surface area contributed by atoms with Crippen LogP contribution >= 0.6 is 0 Å². The van der Waals surface area contributed by atoms with E-state index in [1.165, 1.54) is 0 Å². The van der Waals surface area contributed by atoms with E-state index < -0.39 is 0 Å². The topological polar surface area (TPSA) is 66.0 Å². The highest BCUT2D eigenvalue weighted by Crippen LogP contribution is 2.10. The Kier molecular flexibility index (Phi) is 8.02. The van der Waals surface area contributed by atoms with Gasteiger partial charge in [0.2, 0.25) is 5.91 Å². The quantitative estimate of drug-likeness (QED) is 0.408. The van der Waals surface area contributed by atoms with Crippen molar-refractivity contribution < 1.29 is 9.53 Å². The van der Waals surface area contributed by atoms with Crippen LogP contribution in [-0.2, 0) is 9.53 Å². The molecule has 0 saturated carbocycles. The number of ether oxygens (including phenoxy) is 1. The Morgan fingerprint density at radius 1 is 1.45 bits per heavy atom. The number of guanidine groups is 1. The molecule has 0 radical (unpaired) electrons. The van der Waals surface area contributed by atoms with Gasteiger partial charge in [0.05, 0.1) is 0 Å². The van der Waals surface area contributed by atoms with Crippen molar-refractivity contribution in [1.29, 1.82) is 0 Å². The van der Waals surface area contributed by atoms with Crippen molar-refractivity contribution in [1.82, 2.24) is 15.5 Å².